The second-order valence-electron chi connectivity index (χ2n) is 7.66. The van der Waals surface area contributed by atoms with Gasteiger partial charge in [0.1, 0.15) is 11.6 Å². The summed E-state index contributed by atoms with van der Waals surface area (Å²) in [6, 6.07) is 14.2. The van der Waals surface area contributed by atoms with Crippen LogP contribution in [-0.4, -0.2) is 18.3 Å². The van der Waals surface area contributed by atoms with Gasteiger partial charge in [-0.25, -0.2) is 4.39 Å². The van der Waals surface area contributed by atoms with E-state index in [1.54, 1.807) is 18.2 Å². The van der Waals surface area contributed by atoms with E-state index in [-0.39, 0.29) is 29.8 Å². The molecule has 2 atom stereocenters. The van der Waals surface area contributed by atoms with Gasteiger partial charge in [0, 0.05) is 30.0 Å². The Hall–Kier alpha value is -2.95. The number of benzene rings is 2. The predicted molar refractivity (Wildman–Crippen MR) is 108 cm³/mol. The van der Waals surface area contributed by atoms with E-state index in [1.165, 1.54) is 6.07 Å². The number of halogens is 1. The standard InChI is InChI=1S/C24H24FNO3/c1-2-11-29-17-9-7-15(8-10-17)16-12-21-24(22(27)13-16)19(14-23(28)26-21)18-5-3-4-6-20(18)25/h3-10,16,19H,2,11-14H2,1H3,(H,26,28). The molecule has 2 aromatic rings. The molecule has 29 heavy (non-hydrogen) atoms. The van der Waals surface area contributed by atoms with Gasteiger partial charge in [0.05, 0.1) is 6.61 Å². The zero-order valence-electron chi connectivity index (χ0n) is 16.4. The van der Waals surface area contributed by atoms with Crippen LogP contribution in [0.15, 0.2) is 59.8 Å². The molecule has 5 heteroatoms. The molecule has 0 fully saturated rings. The van der Waals surface area contributed by atoms with Crippen molar-refractivity contribution in [3.63, 3.8) is 0 Å². The minimum Gasteiger partial charge on any atom is -0.494 e. The van der Waals surface area contributed by atoms with Gasteiger partial charge in [-0.3, -0.25) is 9.59 Å². The van der Waals surface area contributed by atoms with Gasteiger partial charge >= 0.3 is 0 Å². The van der Waals surface area contributed by atoms with E-state index in [0.29, 0.717) is 36.3 Å². The average Bonchev–Trinajstić information content (AvgIpc) is 2.72. The third-order valence-electron chi connectivity index (χ3n) is 5.64. The number of carbonyl (C=O) groups excluding carboxylic acids is 2. The van der Waals surface area contributed by atoms with Crippen molar-refractivity contribution < 1.29 is 18.7 Å². The number of hydrogen-bond donors (Lipinski definition) is 1. The van der Waals surface area contributed by atoms with E-state index in [1.807, 2.05) is 24.3 Å². The molecule has 0 radical (unpaired) electrons. The van der Waals surface area contributed by atoms with Crippen LogP contribution in [0.5, 0.6) is 5.75 Å². The van der Waals surface area contributed by atoms with Crippen LogP contribution in [0.1, 0.15) is 55.6 Å². The van der Waals surface area contributed by atoms with Gasteiger partial charge in [0.25, 0.3) is 0 Å². The summed E-state index contributed by atoms with van der Waals surface area (Å²) in [6.07, 6.45) is 1.96. The molecule has 4 rings (SSSR count). The van der Waals surface area contributed by atoms with E-state index < -0.39 is 5.92 Å². The van der Waals surface area contributed by atoms with Crippen molar-refractivity contribution in [3.05, 3.63) is 76.7 Å². The number of ether oxygens (including phenoxy) is 1. The van der Waals surface area contributed by atoms with Crippen LogP contribution >= 0.6 is 0 Å². The SMILES string of the molecule is CCCOc1ccc(C2CC(=O)C3=C(C2)NC(=O)CC3c2ccccc2F)cc1. The van der Waals surface area contributed by atoms with Crippen LogP contribution in [0, 0.1) is 5.82 Å². The fraction of sp³-hybridized carbons (Fsp3) is 0.333. The summed E-state index contributed by atoms with van der Waals surface area (Å²) in [5, 5.41) is 2.88. The Morgan fingerprint density at radius 1 is 1.03 bits per heavy atom. The smallest absolute Gasteiger partial charge is 0.225 e. The van der Waals surface area contributed by atoms with Gasteiger partial charge in [-0.05, 0) is 48.1 Å². The van der Waals surface area contributed by atoms with Gasteiger partial charge in [-0.2, -0.15) is 0 Å². The first-order valence-electron chi connectivity index (χ1n) is 10.1. The highest BCUT2D eigenvalue weighted by atomic mass is 19.1. The Labute approximate surface area is 169 Å². The van der Waals surface area contributed by atoms with Gasteiger partial charge in [0.15, 0.2) is 5.78 Å². The number of amides is 1. The first kappa shape index (κ1) is 19.4. The third kappa shape index (κ3) is 3.95. The van der Waals surface area contributed by atoms with E-state index in [9.17, 15) is 14.0 Å². The Kier molecular flexibility index (Phi) is 5.47. The molecule has 0 aromatic heterocycles. The van der Waals surface area contributed by atoms with Gasteiger partial charge in [0.2, 0.25) is 5.91 Å². The Bertz CT molecular complexity index is 964. The molecule has 2 aliphatic rings. The lowest BCUT2D eigenvalue weighted by atomic mass is 9.73. The molecule has 1 amide bonds. The van der Waals surface area contributed by atoms with E-state index in [2.05, 4.69) is 12.2 Å². The van der Waals surface area contributed by atoms with Crippen molar-refractivity contribution in [2.24, 2.45) is 0 Å². The fourth-order valence-electron chi connectivity index (χ4n) is 4.28. The van der Waals surface area contributed by atoms with Gasteiger partial charge in [-0.1, -0.05) is 37.3 Å². The topological polar surface area (TPSA) is 55.4 Å². The van der Waals surface area contributed by atoms with Crippen molar-refractivity contribution in [2.75, 3.05) is 6.61 Å². The van der Waals surface area contributed by atoms with E-state index in [4.69, 9.17) is 4.74 Å². The number of rotatable bonds is 5. The molecule has 0 saturated carbocycles. The maximum Gasteiger partial charge on any atom is 0.225 e. The first-order valence-corrected chi connectivity index (χ1v) is 10.1. The largest absolute Gasteiger partial charge is 0.494 e. The molecule has 1 heterocycles. The second-order valence-corrected chi connectivity index (χ2v) is 7.66. The second kappa shape index (κ2) is 8.19. The zero-order chi connectivity index (χ0) is 20.4. The number of carbonyl (C=O) groups is 2. The summed E-state index contributed by atoms with van der Waals surface area (Å²) in [5.41, 5.74) is 2.66. The molecule has 1 N–H and O–H groups in total. The van der Waals surface area contributed by atoms with Crippen LogP contribution in [-0.2, 0) is 9.59 Å². The van der Waals surface area contributed by atoms with Crippen molar-refractivity contribution in [2.45, 2.75) is 44.4 Å². The van der Waals surface area contributed by atoms with Gasteiger partial charge in [-0.15, -0.1) is 0 Å². The summed E-state index contributed by atoms with van der Waals surface area (Å²) >= 11 is 0. The Morgan fingerprint density at radius 2 is 1.79 bits per heavy atom. The highest BCUT2D eigenvalue weighted by Gasteiger charge is 2.38. The molecule has 0 saturated heterocycles. The highest BCUT2D eigenvalue weighted by molar-refractivity contribution is 6.02. The average molecular weight is 393 g/mol. The summed E-state index contributed by atoms with van der Waals surface area (Å²) < 4.78 is 20.0. The van der Waals surface area contributed by atoms with Gasteiger partial charge < -0.3 is 10.1 Å². The van der Waals surface area contributed by atoms with Crippen LogP contribution < -0.4 is 10.1 Å². The van der Waals surface area contributed by atoms with Crippen LogP contribution in [0.3, 0.4) is 0 Å². The number of hydrogen-bond acceptors (Lipinski definition) is 3. The van der Waals surface area contributed by atoms with Crippen molar-refractivity contribution in [1.29, 1.82) is 0 Å². The van der Waals surface area contributed by atoms with Crippen molar-refractivity contribution in [3.8, 4) is 5.75 Å². The minimum atomic E-state index is -0.516. The quantitative estimate of drug-likeness (QED) is 0.807. The lowest BCUT2D eigenvalue weighted by Gasteiger charge is -2.34. The number of nitrogens with one attached hydrogen (secondary N) is 1. The molecule has 0 bridgehead atoms. The fourth-order valence-corrected chi connectivity index (χ4v) is 4.28. The Morgan fingerprint density at radius 3 is 2.52 bits per heavy atom. The maximum atomic E-state index is 14.4. The molecule has 2 aromatic carbocycles. The molecular formula is C24H24FNO3. The summed E-state index contributed by atoms with van der Waals surface area (Å²) in [6.45, 7) is 2.72. The lowest BCUT2D eigenvalue weighted by molar-refractivity contribution is -0.122. The van der Waals surface area contributed by atoms with E-state index in [0.717, 1.165) is 17.7 Å². The molecule has 1 aliphatic heterocycles. The lowest BCUT2D eigenvalue weighted by Crippen LogP contribution is -2.38. The molecule has 150 valence electrons. The van der Waals surface area contributed by atoms with Crippen LogP contribution in [0.2, 0.25) is 0 Å². The molecule has 0 spiro atoms. The van der Waals surface area contributed by atoms with Crippen LogP contribution in [0.25, 0.3) is 0 Å². The third-order valence-corrected chi connectivity index (χ3v) is 5.64. The number of allylic oxidation sites excluding steroid dienone is 2. The minimum absolute atomic E-state index is 0.0128. The van der Waals surface area contributed by atoms with Crippen molar-refractivity contribution >= 4 is 11.7 Å². The maximum absolute atomic E-state index is 14.4. The van der Waals surface area contributed by atoms with E-state index >= 15 is 0 Å². The highest BCUT2D eigenvalue weighted by Crippen LogP contribution is 2.43. The van der Waals surface area contributed by atoms with Crippen LogP contribution in [0.4, 0.5) is 4.39 Å². The summed E-state index contributed by atoms with van der Waals surface area (Å²) in [7, 11) is 0. The molecule has 4 nitrogen and oxygen atoms in total. The zero-order valence-corrected chi connectivity index (χ0v) is 16.4. The van der Waals surface area contributed by atoms with Crippen molar-refractivity contribution in [1.82, 2.24) is 5.32 Å². The first-order chi connectivity index (χ1) is 14.1. The molecular weight excluding hydrogens is 369 g/mol. The molecule has 2 unspecified atom stereocenters. The monoisotopic (exact) mass is 393 g/mol. The summed E-state index contributed by atoms with van der Waals surface area (Å²) in [5.74, 6) is -0.288. The Balaban J connectivity index is 1.62. The number of ketones is 1. The normalized spacial score (nSPS) is 21.6. The molecule has 1 aliphatic carbocycles. The predicted octanol–water partition coefficient (Wildman–Crippen LogP) is 4.62. The number of Topliss-reactive ketones (excluding diaryl/α,β-unsaturated/α-hetero) is 1. The summed E-state index contributed by atoms with van der Waals surface area (Å²) in [4.78, 5) is 25.4.